The zero-order valence-corrected chi connectivity index (χ0v) is 14.2. The molecular formula is C17H18N5S+. The highest BCUT2D eigenvalue weighted by atomic mass is 32.2. The lowest BCUT2D eigenvalue weighted by Crippen LogP contribution is -2.01. The van der Waals surface area contributed by atoms with Crippen LogP contribution in [0, 0.1) is 20.8 Å². The van der Waals surface area contributed by atoms with Crippen molar-refractivity contribution >= 4 is 28.6 Å². The van der Waals surface area contributed by atoms with Gasteiger partial charge in [-0.3, -0.25) is 4.40 Å². The van der Waals surface area contributed by atoms with Gasteiger partial charge in [-0.05, 0) is 56.3 Å². The smallest absolute Gasteiger partial charge is 0.288 e. The summed E-state index contributed by atoms with van der Waals surface area (Å²) in [5, 5.41) is 1.04. The number of hydrogen-bond acceptors (Lipinski definition) is 3. The predicted molar refractivity (Wildman–Crippen MR) is 91.6 cm³/mol. The Morgan fingerprint density at radius 3 is 2.91 bits per heavy atom. The van der Waals surface area contributed by atoms with E-state index in [4.69, 9.17) is 0 Å². The first kappa shape index (κ1) is 14.3. The van der Waals surface area contributed by atoms with E-state index in [1.807, 2.05) is 11.3 Å². The number of imidazole rings is 2. The molecule has 0 aliphatic heterocycles. The van der Waals surface area contributed by atoms with E-state index in [1.54, 1.807) is 11.8 Å². The second-order valence-electron chi connectivity index (χ2n) is 5.86. The van der Waals surface area contributed by atoms with E-state index in [2.05, 4.69) is 64.2 Å². The Hall–Kier alpha value is -2.34. The summed E-state index contributed by atoms with van der Waals surface area (Å²) < 4.78 is 2.04. The molecule has 3 heterocycles. The molecule has 23 heavy (non-hydrogen) atoms. The van der Waals surface area contributed by atoms with Gasteiger partial charge < -0.3 is 0 Å². The van der Waals surface area contributed by atoms with Gasteiger partial charge >= 0.3 is 5.16 Å². The van der Waals surface area contributed by atoms with E-state index in [-0.39, 0.29) is 0 Å². The average molecular weight is 324 g/mol. The van der Waals surface area contributed by atoms with E-state index < -0.39 is 0 Å². The molecule has 0 spiro atoms. The molecule has 0 amide bonds. The van der Waals surface area contributed by atoms with Crippen molar-refractivity contribution in [1.82, 2.24) is 19.4 Å². The summed E-state index contributed by atoms with van der Waals surface area (Å²) in [6.45, 7) is 6.17. The fourth-order valence-electron chi connectivity index (χ4n) is 2.75. The molecule has 0 bridgehead atoms. The van der Waals surface area contributed by atoms with Crippen LogP contribution in [-0.4, -0.2) is 19.4 Å². The highest BCUT2D eigenvalue weighted by molar-refractivity contribution is 7.98. The van der Waals surface area contributed by atoms with Crippen molar-refractivity contribution in [2.24, 2.45) is 0 Å². The van der Waals surface area contributed by atoms with Gasteiger partial charge in [0.25, 0.3) is 0 Å². The number of fused-ring (bicyclic) bond motifs is 2. The fraction of sp³-hybridized carbons (Fsp3) is 0.235. The largest absolute Gasteiger partial charge is 0.314 e. The first-order chi connectivity index (χ1) is 11.1. The molecule has 0 saturated carbocycles. The van der Waals surface area contributed by atoms with Crippen LogP contribution in [0.4, 0.5) is 0 Å². The summed E-state index contributed by atoms with van der Waals surface area (Å²) in [6, 6.07) is 8.43. The minimum Gasteiger partial charge on any atom is -0.288 e. The van der Waals surface area contributed by atoms with Gasteiger partial charge in [-0.25, -0.2) is 19.9 Å². The third kappa shape index (κ3) is 2.70. The van der Waals surface area contributed by atoms with E-state index >= 15 is 0 Å². The topological polar surface area (TPSA) is 60.1 Å². The third-order valence-corrected chi connectivity index (χ3v) is 4.78. The standard InChI is InChI=1S/C17H17N5S/c1-10-4-5-14-15(6-10)21-17(20-14)23-9-13-8-22-12(3)7-11(2)18-16(22)19-13/h4-8H,9H2,1-3H3,(H,20,21)/p+1. The van der Waals surface area contributed by atoms with Crippen molar-refractivity contribution in [3.8, 4) is 0 Å². The lowest BCUT2D eigenvalue weighted by atomic mass is 10.2. The Bertz CT molecular complexity index is 1010. The number of hydrogen-bond donors (Lipinski definition) is 1. The number of rotatable bonds is 3. The van der Waals surface area contributed by atoms with Crippen LogP contribution >= 0.6 is 11.8 Å². The average Bonchev–Trinajstić information content (AvgIpc) is 3.07. The molecule has 0 radical (unpaired) electrons. The third-order valence-electron chi connectivity index (χ3n) is 3.85. The number of thioether (sulfide) groups is 1. The lowest BCUT2D eigenvalue weighted by molar-refractivity contribution is -0.396. The number of aryl methyl sites for hydroxylation is 3. The lowest BCUT2D eigenvalue weighted by Gasteiger charge is -1.98. The number of aromatic nitrogens is 5. The maximum atomic E-state index is 4.62. The van der Waals surface area contributed by atoms with Crippen molar-refractivity contribution in [3.63, 3.8) is 0 Å². The molecule has 0 atom stereocenters. The molecule has 2 N–H and O–H groups in total. The van der Waals surface area contributed by atoms with Crippen molar-refractivity contribution in [2.45, 2.75) is 31.7 Å². The van der Waals surface area contributed by atoms with Crippen LogP contribution in [0.1, 0.15) is 22.6 Å². The summed E-state index contributed by atoms with van der Waals surface area (Å²) in [6.07, 6.45) is 2.07. The zero-order chi connectivity index (χ0) is 16.0. The monoisotopic (exact) mass is 324 g/mol. The minimum atomic E-state index is 0.773. The molecule has 4 rings (SSSR count). The summed E-state index contributed by atoms with van der Waals surface area (Å²) in [5.74, 6) is 1.57. The predicted octanol–water partition coefficient (Wildman–Crippen LogP) is 3.24. The van der Waals surface area contributed by atoms with E-state index in [9.17, 15) is 0 Å². The second-order valence-corrected chi connectivity index (χ2v) is 6.84. The summed E-state index contributed by atoms with van der Waals surface area (Å²) in [5.41, 5.74) is 6.70. The Morgan fingerprint density at radius 2 is 2.04 bits per heavy atom. The van der Waals surface area contributed by atoms with Gasteiger partial charge in [0.2, 0.25) is 5.78 Å². The van der Waals surface area contributed by atoms with Gasteiger partial charge in [0.15, 0.2) is 11.0 Å². The number of H-pyrrole nitrogens is 2. The van der Waals surface area contributed by atoms with Gasteiger partial charge in [-0.2, -0.15) is 0 Å². The first-order valence-corrected chi connectivity index (χ1v) is 8.54. The molecule has 1 aromatic carbocycles. The maximum absolute atomic E-state index is 4.62. The van der Waals surface area contributed by atoms with Crippen molar-refractivity contribution in [3.05, 3.63) is 53.1 Å². The van der Waals surface area contributed by atoms with Crippen molar-refractivity contribution in [2.75, 3.05) is 0 Å². The molecule has 0 saturated heterocycles. The molecule has 0 fully saturated rings. The summed E-state index contributed by atoms with van der Waals surface area (Å²) in [7, 11) is 0. The van der Waals surface area contributed by atoms with E-state index in [0.717, 1.165) is 44.8 Å². The molecule has 3 aromatic heterocycles. The minimum absolute atomic E-state index is 0.773. The van der Waals surface area contributed by atoms with E-state index in [0.29, 0.717) is 0 Å². The zero-order valence-electron chi connectivity index (χ0n) is 13.3. The van der Waals surface area contributed by atoms with Crippen molar-refractivity contribution < 1.29 is 4.98 Å². The van der Waals surface area contributed by atoms with Gasteiger partial charge in [-0.1, -0.05) is 6.07 Å². The van der Waals surface area contributed by atoms with Crippen LogP contribution in [0.3, 0.4) is 0 Å². The highest BCUT2D eigenvalue weighted by Gasteiger charge is 2.12. The summed E-state index contributed by atoms with van der Waals surface area (Å²) >= 11 is 1.72. The SMILES string of the molecule is Cc1ccc2[nH+]c(SCc3cn4c(C)cc(C)nc4n3)[nH]c2c1. The van der Waals surface area contributed by atoms with Crippen LogP contribution in [0.2, 0.25) is 0 Å². The Labute approximate surface area is 138 Å². The van der Waals surface area contributed by atoms with Crippen molar-refractivity contribution in [1.29, 1.82) is 0 Å². The van der Waals surface area contributed by atoms with Crippen LogP contribution in [-0.2, 0) is 5.75 Å². The molecule has 6 heteroatoms. The molecule has 5 nitrogen and oxygen atoms in total. The van der Waals surface area contributed by atoms with Crippen LogP contribution in [0.5, 0.6) is 0 Å². The van der Waals surface area contributed by atoms with Gasteiger partial charge in [0.1, 0.15) is 0 Å². The molecule has 0 aliphatic carbocycles. The second kappa shape index (κ2) is 5.38. The molecule has 116 valence electrons. The number of nitrogens with one attached hydrogen (secondary N) is 2. The van der Waals surface area contributed by atoms with Crippen LogP contribution < -0.4 is 4.98 Å². The molecule has 4 aromatic rings. The van der Waals surface area contributed by atoms with Gasteiger partial charge in [-0.15, -0.1) is 0 Å². The molecular weight excluding hydrogens is 306 g/mol. The first-order valence-electron chi connectivity index (χ1n) is 7.55. The van der Waals surface area contributed by atoms with Crippen LogP contribution in [0.25, 0.3) is 16.8 Å². The number of aromatic amines is 2. The molecule has 0 aliphatic rings. The quantitative estimate of drug-likeness (QED) is 0.589. The van der Waals surface area contributed by atoms with E-state index in [1.165, 1.54) is 5.56 Å². The Balaban J connectivity index is 1.59. The number of nitrogens with zero attached hydrogens (tertiary/aromatic N) is 3. The maximum Gasteiger partial charge on any atom is 0.314 e. The number of benzene rings is 1. The Kier molecular flexibility index (Phi) is 3.34. The summed E-state index contributed by atoms with van der Waals surface area (Å²) in [4.78, 5) is 15.9. The fourth-order valence-corrected chi connectivity index (χ4v) is 3.55. The van der Waals surface area contributed by atoms with Crippen LogP contribution in [0.15, 0.2) is 35.6 Å². The highest BCUT2D eigenvalue weighted by Crippen LogP contribution is 2.21. The van der Waals surface area contributed by atoms with Gasteiger partial charge in [0, 0.05) is 23.3 Å². The van der Waals surface area contributed by atoms with Gasteiger partial charge in [0.05, 0.1) is 5.69 Å². The Morgan fingerprint density at radius 1 is 1.17 bits per heavy atom. The normalized spacial score (nSPS) is 11.6. The molecule has 0 unspecified atom stereocenters.